The molecule has 1 fully saturated rings. The van der Waals surface area contributed by atoms with Gasteiger partial charge in [0, 0.05) is 25.6 Å². The summed E-state index contributed by atoms with van der Waals surface area (Å²) < 4.78 is 11.1. The SMILES string of the molecule is CC(C)CN(CC(=O)N(Cc1ccco1)C[C@H]1CCCO1)C(=O)C(C)C. The van der Waals surface area contributed by atoms with E-state index in [0.717, 1.165) is 25.2 Å². The second-order valence-corrected chi connectivity index (χ2v) is 7.76. The van der Waals surface area contributed by atoms with Crippen molar-refractivity contribution >= 4 is 11.8 Å². The van der Waals surface area contributed by atoms with Gasteiger partial charge in [-0.1, -0.05) is 27.7 Å². The summed E-state index contributed by atoms with van der Waals surface area (Å²) in [6.07, 6.45) is 3.66. The van der Waals surface area contributed by atoms with E-state index in [-0.39, 0.29) is 30.4 Å². The molecule has 2 amide bonds. The average molecular weight is 364 g/mol. The van der Waals surface area contributed by atoms with Gasteiger partial charge in [0.05, 0.1) is 25.5 Å². The Morgan fingerprint density at radius 1 is 1.23 bits per heavy atom. The summed E-state index contributed by atoms with van der Waals surface area (Å²) in [5.74, 6) is 0.871. The van der Waals surface area contributed by atoms with Gasteiger partial charge < -0.3 is 19.0 Å². The van der Waals surface area contributed by atoms with E-state index in [9.17, 15) is 9.59 Å². The molecule has 0 bridgehead atoms. The van der Waals surface area contributed by atoms with E-state index >= 15 is 0 Å². The van der Waals surface area contributed by atoms with Gasteiger partial charge in [0.2, 0.25) is 11.8 Å². The fourth-order valence-electron chi connectivity index (χ4n) is 3.18. The molecule has 6 heteroatoms. The highest BCUT2D eigenvalue weighted by atomic mass is 16.5. The highest BCUT2D eigenvalue weighted by molar-refractivity contribution is 5.85. The molecule has 0 spiro atoms. The van der Waals surface area contributed by atoms with Crippen molar-refractivity contribution in [3.63, 3.8) is 0 Å². The molecule has 2 rings (SSSR count). The summed E-state index contributed by atoms with van der Waals surface area (Å²) in [5, 5.41) is 0. The van der Waals surface area contributed by atoms with Crippen molar-refractivity contribution in [1.82, 2.24) is 9.80 Å². The van der Waals surface area contributed by atoms with Crippen LogP contribution in [0.15, 0.2) is 22.8 Å². The number of carbonyl (C=O) groups excluding carboxylic acids is 2. The molecule has 1 atom stereocenters. The highest BCUT2D eigenvalue weighted by Gasteiger charge is 2.27. The van der Waals surface area contributed by atoms with Crippen molar-refractivity contribution in [3.05, 3.63) is 24.2 Å². The minimum Gasteiger partial charge on any atom is -0.467 e. The molecule has 1 aliphatic rings. The van der Waals surface area contributed by atoms with E-state index in [1.165, 1.54) is 0 Å². The van der Waals surface area contributed by atoms with Crippen LogP contribution in [0.25, 0.3) is 0 Å². The van der Waals surface area contributed by atoms with Gasteiger partial charge in [0.15, 0.2) is 0 Å². The zero-order valence-corrected chi connectivity index (χ0v) is 16.4. The van der Waals surface area contributed by atoms with Gasteiger partial charge in [-0.25, -0.2) is 0 Å². The topological polar surface area (TPSA) is 63.0 Å². The van der Waals surface area contributed by atoms with Crippen molar-refractivity contribution in [2.75, 3.05) is 26.2 Å². The largest absolute Gasteiger partial charge is 0.467 e. The zero-order valence-electron chi connectivity index (χ0n) is 16.4. The van der Waals surface area contributed by atoms with Crippen LogP contribution in [0.2, 0.25) is 0 Å². The molecule has 0 unspecified atom stereocenters. The van der Waals surface area contributed by atoms with E-state index in [4.69, 9.17) is 9.15 Å². The summed E-state index contributed by atoms with van der Waals surface area (Å²) in [5.41, 5.74) is 0. The van der Waals surface area contributed by atoms with Crippen molar-refractivity contribution in [3.8, 4) is 0 Å². The smallest absolute Gasteiger partial charge is 0.242 e. The quantitative estimate of drug-likeness (QED) is 0.676. The molecule has 1 aliphatic heterocycles. The Morgan fingerprint density at radius 3 is 2.54 bits per heavy atom. The van der Waals surface area contributed by atoms with Crippen molar-refractivity contribution in [2.45, 2.75) is 53.2 Å². The highest BCUT2D eigenvalue weighted by Crippen LogP contribution is 2.16. The molecule has 0 radical (unpaired) electrons. The van der Waals surface area contributed by atoms with Gasteiger partial charge >= 0.3 is 0 Å². The van der Waals surface area contributed by atoms with Crippen LogP contribution < -0.4 is 0 Å². The van der Waals surface area contributed by atoms with Crippen molar-refractivity contribution in [2.24, 2.45) is 11.8 Å². The predicted molar refractivity (Wildman–Crippen MR) is 99.4 cm³/mol. The first-order valence-electron chi connectivity index (χ1n) is 9.57. The van der Waals surface area contributed by atoms with E-state index in [1.807, 2.05) is 26.0 Å². The average Bonchev–Trinajstić information content (AvgIpc) is 3.26. The van der Waals surface area contributed by atoms with Crippen LogP contribution >= 0.6 is 0 Å². The number of nitrogens with zero attached hydrogens (tertiary/aromatic N) is 2. The third-order valence-electron chi connectivity index (χ3n) is 4.44. The first-order chi connectivity index (χ1) is 12.4. The van der Waals surface area contributed by atoms with Crippen LogP contribution in [0, 0.1) is 11.8 Å². The minimum atomic E-state index is -0.127. The summed E-state index contributed by atoms with van der Waals surface area (Å²) in [7, 11) is 0. The number of amides is 2. The molecule has 146 valence electrons. The first kappa shape index (κ1) is 20.5. The van der Waals surface area contributed by atoms with Gasteiger partial charge in [-0.05, 0) is 30.9 Å². The van der Waals surface area contributed by atoms with E-state index in [1.54, 1.807) is 16.1 Å². The van der Waals surface area contributed by atoms with Crippen LogP contribution in [0.1, 0.15) is 46.3 Å². The van der Waals surface area contributed by atoms with Crippen LogP contribution in [0.4, 0.5) is 0 Å². The fourth-order valence-corrected chi connectivity index (χ4v) is 3.18. The number of furan rings is 1. The Hall–Kier alpha value is -1.82. The third kappa shape index (κ3) is 6.16. The molecular weight excluding hydrogens is 332 g/mol. The van der Waals surface area contributed by atoms with Gasteiger partial charge in [-0.15, -0.1) is 0 Å². The first-order valence-corrected chi connectivity index (χ1v) is 9.57. The van der Waals surface area contributed by atoms with Crippen LogP contribution in [0.5, 0.6) is 0 Å². The lowest BCUT2D eigenvalue weighted by molar-refractivity contribution is -0.144. The molecule has 1 saturated heterocycles. The molecule has 0 N–H and O–H groups in total. The maximum atomic E-state index is 13.0. The summed E-state index contributed by atoms with van der Waals surface area (Å²) in [4.78, 5) is 29.0. The van der Waals surface area contributed by atoms with Gasteiger partial charge in [0.1, 0.15) is 5.76 Å². The Bertz CT molecular complexity index is 562. The van der Waals surface area contributed by atoms with E-state index in [0.29, 0.717) is 25.6 Å². The molecule has 0 aromatic carbocycles. The lowest BCUT2D eigenvalue weighted by Crippen LogP contribution is -2.47. The lowest BCUT2D eigenvalue weighted by Gasteiger charge is -2.30. The maximum absolute atomic E-state index is 13.0. The van der Waals surface area contributed by atoms with Gasteiger partial charge in [-0.3, -0.25) is 9.59 Å². The molecule has 26 heavy (non-hydrogen) atoms. The number of rotatable bonds is 9. The maximum Gasteiger partial charge on any atom is 0.242 e. The fraction of sp³-hybridized carbons (Fsp3) is 0.700. The Balaban J connectivity index is 2.07. The normalized spacial score (nSPS) is 17.1. The molecule has 0 saturated carbocycles. The monoisotopic (exact) mass is 364 g/mol. The molecule has 2 heterocycles. The third-order valence-corrected chi connectivity index (χ3v) is 4.44. The zero-order chi connectivity index (χ0) is 19.1. The van der Waals surface area contributed by atoms with Crippen LogP contribution in [-0.4, -0.2) is 54.0 Å². The Morgan fingerprint density at radius 2 is 2.00 bits per heavy atom. The minimum absolute atomic E-state index is 0.0158. The second-order valence-electron chi connectivity index (χ2n) is 7.76. The number of ether oxygens (including phenoxy) is 1. The second kappa shape index (κ2) is 9.76. The standard InChI is InChI=1S/C20H32N2O4/c1-15(2)11-22(20(24)16(3)4)14-19(23)21(12-17-7-5-9-25-17)13-18-8-6-10-26-18/h5,7,9,15-16,18H,6,8,10-14H2,1-4H3/t18-/m1/s1. The van der Waals surface area contributed by atoms with Crippen LogP contribution in [-0.2, 0) is 20.9 Å². The summed E-state index contributed by atoms with van der Waals surface area (Å²) >= 11 is 0. The number of carbonyl (C=O) groups is 2. The predicted octanol–water partition coefficient (Wildman–Crippen LogP) is 2.93. The number of hydrogen-bond donors (Lipinski definition) is 0. The van der Waals surface area contributed by atoms with Crippen molar-refractivity contribution in [1.29, 1.82) is 0 Å². The molecule has 1 aromatic rings. The number of hydrogen-bond acceptors (Lipinski definition) is 4. The van der Waals surface area contributed by atoms with Gasteiger partial charge in [0.25, 0.3) is 0 Å². The van der Waals surface area contributed by atoms with Gasteiger partial charge in [-0.2, -0.15) is 0 Å². The van der Waals surface area contributed by atoms with E-state index in [2.05, 4.69) is 13.8 Å². The Kier molecular flexibility index (Phi) is 7.69. The van der Waals surface area contributed by atoms with Crippen LogP contribution in [0.3, 0.4) is 0 Å². The van der Waals surface area contributed by atoms with E-state index < -0.39 is 0 Å². The lowest BCUT2D eigenvalue weighted by atomic mass is 10.1. The van der Waals surface area contributed by atoms with Crippen molar-refractivity contribution < 1.29 is 18.7 Å². The molecule has 0 aliphatic carbocycles. The Labute approximate surface area is 156 Å². The summed E-state index contributed by atoms with van der Waals surface area (Å²) in [6.45, 7) is 10.2. The molecule has 6 nitrogen and oxygen atoms in total. The summed E-state index contributed by atoms with van der Waals surface area (Å²) in [6, 6.07) is 3.68. The molecular formula is C20H32N2O4. The molecule has 1 aromatic heterocycles.